The van der Waals surface area contributed by atoms with Gasteiger partial charge in [0, 0.05) is 36.6 Å². The lowest BCUT2D eigenvalue weighted by atomic mass is 9.99. The van der Waals surface area contributed by atoms with Crippen LogP contribution in [0.25, 0.3) is 0 Å². The maximum atomic E-state index is 14.4. The van der Waals surface area contributed by atoms with Gasteiger partial charge in [-0.3, -0.25) is 4.79 Å². The fraction of sp³-hybridized carbons (Fsp3) is 0.389. The van der Waals surface area contributed by atoms with E-state index >= 15 is 0 Å². The predicted molar refractivity (Wildman–Crippen MR) is 86.3 cm³/mol. The minimum absolute atomic E-state index is 0.0372. The number of benzene rings is 1. The van der Waals surface area contributed by atoms with Gasteiger partial charge in [0.25, 0.3) is 5.91 Å². The summed E-state index contributed by atoms with van der Waals surface area (Å²) in [6, 6.07) is 7.11. The molecule has 0 saturated carbocycles. The maximum absolute atomic E-state index is 14.4. The summed E-state index contributed by atoms with van der Waals surface area (Å²) in [6.07, 6.45) is 1.92. The molecule has 2 N–H and O–H groups in total. The van der Waals surface area contributed by atoms with Gasteiger partial charge < -0.3 is 14.8 Å². The molecule has 1 atom stereocenters. The van der Waals surface area contributed by atoms with Crippen molar-refractivity contribution in [3.63, 3.8) is 0 Å². The summed E-state index contributed by atoms with van der Waals surface area (Å²) in [5.74, 6) is -1.28. The molecule has 0 spiro atoms. The third-order valence-electron chi connectivity index (χ3n) is 4.38. The molecule has 128 valence electrons. The highest BCUT2D eigenvalue weighted by Crippen LogP contribution is 2.33. The SMILES string of the molecule is CC(C)[NH2+]CC(=O)N1CCn2cccc2[C@H]1c1ccc(F)cc1F. The van der Waals surface area contributed by atoms with E-state index in [0.29, 0.717) is 31.2 Å². The molecule has 1 aromatic heterocycles. The van der Waals surface area contributed by atoms with Crippen molar-refractivity contribution < 1.29 is 18.9 Å². The molecule has 0 radical (unpaired) electrons. The monoisotopic (exact) mass is 334 g/mol. The van der Waals surface area contributed by atoms with Crippen LogP contribution >= 0.6 is 0 Å². The minimum atomic E-state index is -0.625. The van der Waals surface area contributed by atoms with E-state index in [-0.39, 0.29) is 5.91 Å². The molecule has 2 heterocycles. The fourth-order valence-corrected chi connectivity index (χ4v) is 3.16. The molecule has 1 aromatic carbocycles. The van der Waals surface area contributed by atoms with Crippen LogP contribution in [-0.2, 0) is 11.3 Å². The van der Waals surface area contributed by atoms with Crippen molar-refractivity contribution >= 4 is 5.91 Å². The number of carbonyl (C=O) groups is 1. The summed E-state index contributed by atoms with van der Waals surface area (Å²) in [5.41, 5.74) is 1.18. The van der Waals surface area contributed by atoms with Crippen LogP contribution in [0.2, 0.25) is 0 Å². The number of amides is 1. The van der Waals surface area contributed by atoms with Gasteiger partial charge in [0.1, 0.15) is 17.7 Å². The molecule has 24 heavy (non-hydrogen) atoms. The number of nitrogens with zero attached hydrogens (tertiary/aromatic N) is 2. The average molecular weight is 334 g/mol. The largest absolute Gasteiger partial charge is 0.348 e. The van der Waals surface area contributed by atoms with Crippen molar-refractivity contribution in [3.8, 4) is 0 Å². The van der Waals surface area contributed by atoms with E-state index in [1.165, 1.54) is 12.1 Å². The van der Waals surface area contributed by atoms with Crippen molar-refractivity contribution in [3.05, 3.63) is 59.4 Å². The maximum Gasteiger partial charge on any atom is 0.278 e. The van der Waals surface area contributed by atoms with E-state index in [4.69, 9.17) is 0 Å². The van der Waals surface area contributed by atoms with E-state index < -0.39 is 17.7 Å². The van der Waals surface area contributed by atoms with Crippen LogP contribution in [0.3, 0.4) is 0 Å². The molecular formula is C18H22F2N3O+. The Morgan fingerprint density at radius 3 is 2.79 bits per heavy atom. The number of halogens is 2. The Morgan fingerprint density at radius 1 is 1.29 bits per heavy atom. The molecule has 0 fully saturated rings. The first-order valence-corrected chi connectivity index (χ1v) is 8.20. The first kappa shape index (κ1) is 16.6. The molecule has 1 aliphatic rings. The number of fused-ring (bicyclic) bond motifs is 1. The highest BCUT2D eigenvalue weighted by Gasteiger charge is 2.34. The van der Waals surface area contributed by atoms with E-state index in [9.17, 15) is 13.6 Å². The minimum Gasteiger partial charge on any atom is -0.348 e. The van der Waals surface area contributed by atoms with E-state index in [1.54, 1.807) is 4.90 Å². The highest BCUT2D eigenvalue weighted by molar-refractivity contribution is 5.78. The number of nitrogens with two attached hydrogens (primary N) is 1. The molecule has 0 bridgehead atoms. The van der Waals surface area contributed by atoms with Crippen molar-refractivity contribution in [2.24, 2.45) is 0 Å². The Kier molecular flexibility index (Phi) is 4.66. The van der Waals surface area contributed by atoms with Crippen molar-refractivity contribution in [2.75, 3.05) is 13.1 Å². The number of aromatic nitrogens is 1. The quantitative estimate of drug-likeness (QED) is 0.908. The molecule has 2 aromatic rings. The van der Waals surface area contributed by atoms with Gasteiger partial charge in [-0.2, -0.15) is 0 Å². The second-order valence-electron chi connectivity index (χ2n) is 6.47. The molecule has 1 aliphatic heterocycles. The fourth-order valence-electron chi connectivity index (χ4n) is 3.16. The molecule has 3 rings (SSSR count). The van der Waals surface area contributed by atoms with Crippen molar-refractivity contribution in [1.29, 1.82) is 0 Å². The average Bonchev–Trinajstić information content (AvgIpc) is 3.00. The molecular weight excluding hydrogens is 312 g/mol. The second kappa shape index (κ2) is 6.73. The van der Waals surface area contributed by atoms with Gasteiger partial charge in [0.2, 0.25) is 0 Å². The molecule has 0 aliphatic carbocycles. The highest BCUT2D eigenvalue weighted by atomic mass is 19.1. The number of rotatable bonds is 4. The summed E-state index contributed by atoms with van der Waals surface area (Å²) in [6.45, 7) is 5.54. The summed E-state index contributed by atoms with van der Waals surface area (Å²) in [4.78, 5) is 14.4. The lowest BCUT2D eigenvalue weighted by Gasteiger charge is -2.37. The number of carbonyl (C=O) groups excluding carboxylic acids is 1. The van der Waals surface area contributed by atoms with Gasteiger partial charge in [-0.15, -0.1) is 0 Å². The molecule has 0 saturated heterocycles. The summed E-state index contributed by atoms with van der Waals surface area (Å²) in [5, 5.41) is 1.95. The normalized spacial score (nSPS) is 17.2. The van der Waals surface area contributed by atoms with Crippen molar-refractivity contribution in [2.45, 2.75) is 32.5 Å². The smallest absolute Gasteiger partial charge is 0.278 e. The van der Waals surface area contributed by atoms with Crippen LogP contribution in [-0.4, -0.2) is 34.5 Å². The summed E-state index contributed by atoms with van der Waals surface area (Å²) in [7, 11) is 0. The lowest BCUT2D eigenvalue weighted by Crippen LogP contribution is -2.90. The molecule has 0 unspecified atom stereocenters. The molecule has 1 amide bonds. The van der Waals surface area contributed by atoms with Crippen LogP contribution in [0, 0.1) is 11.6 Å². The first-order chi connectivity index (χ1) is 11.5. The van der Waals surface area contributed by atoms with Gasteiger partial charge in [-0.25, -0.2) is 8.78 Å². The van der Waals surface area contributed by atoms with E-state index in [0.717, 1.165) is 11.8 Å². The van der Waals surface area contributed by atoms with Crippen LogP contribution < -0.4 is 5.32 Å². The standard InChI is InChI=1S/C18H21F2N3O/c1-12(2)21-11-17(24)23-9-8-22-7-3-4-16(22)18(23)14-6-5-13(19)10-15(14)20/h3-7,10,12,18,21H,8-9,11H2,1-2H3/p+1/t18-/m1/s1. The Balaban J connectivity index is 1.98. The lowest BCUT2D eigenvalue weighted by molar-refractivity contribution is -0.673. The van der Waals surface area contributed by atoms with Gasteiger partial charge in [0.05, 0.1) is 6.04 Å². The van der Waals surface area contributed by atoms with Gasteiger partial charge in [0.15, 0.2) is 6.54 Å². The zero-order valence-electron chi connectivity index (χ0n) is 13.9. The van der Waals surface area contributed by atoms with Gasteiger partial charge in [-0.1, -0.05) is 6.07 Å². The van der Waals surface area contributed by atoms with E-state index in [2.05, 4.69) is 0 Å². The first-order valence-electron chi connectivity index (χ1n) is 8.20. The zero-order chi connectivity index (χ0) is 17.3. The Hall–Kier alpha value is -2.21. The number of hydrogen-bond acceptors (Lipinski definition) is 1. The second-order valence-corrected chi connectivity index (χ2v) is 6.47. The summed E-state index contributed by atoms with van der Waals surface area (Å²) >= 11 is 0. The van der Waals surface area contributed by atoms with Gasteiger partial charge in [-0.05, 0) is 32.0 Å². The van der Waals surface area contributed by atoms with Crippen LogP contribution in [0.15, 0.2) is 36.5 Å². The van der Waals surface area contributed by atoms with Crippen LogP contribution in [0.4, 0.5) is 8.78 Å². The Labute approximate surface area is 140 Å². The van der Waals surface area contributed by atoms with Gasteiger partial charge >= 0.3 is 0 Å². The topological polar surface area (TPSA) is 41.9 Å². The Morgan fingerprint density at radius 2 is 2.08 bits per heavy atom. The molecule has 6 heteroatoms. The zero-order valence-corrected chi connectivity index (χ0v) is 13.9. The third-order valence-corrected chi connectivity index (χ3v) is 4.38. The van der Waals surface area contributed by atoms with Crippen LogP contribution in [0.5, 0.6) is 0 Å². The molecule has 4 nitrogen and oxygen atoms in total. The van der Waals surface area contributed by atoms with E-state index in [1.807, 2.05) is 42.1 Å². The van der Waals surface area contributed by atoms with Crippen molar-refractivity contribution in [1.82, 2.24) is 9.47 Å². The predicted octanol–water partition coefficient (Wildman–Crippen LogP) is 1.67. The number of quaternary nitrogens is 1. The van der Waals surface area contributed by atoms with Crippen LogP contribution in [0.1, 0.15) is 31.1 Å². The third kappa shape index (κ3) is 3.19. The Bertz CT molecular complexity index is 742. The summed E-state index contributed by atoms with van der Waals surface area (Å²) < 4.78 is 29.7. The number of hydrogen-bond donors (Lipinski definition) is 1.